The van der Waals surface area contributed by atoms with Crippen molar-refractivity contribution in [2.24, 2.45) is 11.7 Å². The first kappa shape index (κ1) is 13.1. The second kappa shape index (κ2) is 5.61. The molecule has 0 spiro atoms. The number of hydrogen-bond acceptors (Lipinski definition) is 3. The Morgan fingerprint density at radius 2 is 2.16 bits per heavy atom. The van der Waals surface area contributed by atoms with Gasteiger partial charge in [-0.25, -0.2) is 0 Å². The van der Waals surface area contributed by atoms with Gasteiger partial charge in [-0.3, -0.25) is 4.90 Å². The predicted octanol–water partition coefficient (Wildman–Crippen LogP) is 1.97. The lowest BCUT2D eigenvalue weighted by Gasteiger charge is -2.37. The summed E-state index contributed by atoms with van der Waals surface area (Å²) in [5.41, 5.74) is 9.32. The third-order valence-corrected chi connectivity index (χ3v) is 4.73. The minimum Gasteiger partial charge on any atom is -0.384 e. The van der Waals surface area contributed by atoms with E-state index in [9.17, 15) is 0 Å². The van der Waals surface area contributed by atoms with Gasteiger partial charge in [0, 0.05) is 25.7 Å². The number of fused-ring (bicyclic) bond motifs is 1. The molecule has 0 radical (unpaired) electrons. The van der Waals surface area contributed by atoms with Crippen LogP contribution in [0.4, 0.5) is 0 Å². The summed E-state index contributed by atoms with van der Waals surface area (Å²) < 4.78 is 5.29. The van der Waals surface area contributed by atoms with Gasteiger partial charge in [0.25, 0.3) is 0 Å². The Hall–Kier alpha value is -0.900. The third kappa shape index (κ3) is 2.55. The van der Waals surface area contributed by atoms with E-state index in [1.165, 1.54) is 36.9 Å². The molecule has 1 aliphatic heterocycles. The minimum absolute atomic E-state index is 0.172. The minimum atomic E-state index is 0.172. The normalized spacial score (nSPS) is 31.4. The molecule has 19 heavy (non-hydrogen) atoms. The summed E-state index contributed by atoms with van der Waals surface area (Å²) in [4.78, 5) is 2.59. The van der Waals surface area contributed by atoms with Crippen LogP contribution < -0.4 is 5.73 Å². The van der Waals surface area contributed by atoms with Gasteiger partial charge in [-0.1, -0.05) is 24.3 Å². The fourth-order valence-corrected chi connectivity index (χ4v) is 3.72. The largest absolute Gasteiger partial charge is 0.384 e. The van der Waals surface area contributed by atoms with E-state index in [0.717, 1.165) is 13.2 Å². The van der Waals surface area contributed by atoms with E-state index in [2.05, 4.69) is 29.2 Å². The summed E-state index contributed by atoms with van der Waals surface area (Å²) in [7, 11) is 1.80. The Morgan fingerprint density at radius 1 is 1.32 bits per heavy atom. The fraction of sp³-hybridized carbons (Fsp3) is 0.625. The number of ether oxygens (including phenoxy) is 1. The zero-order valence-electron chi connectivity index (χ0n) is 11.7. The maximum Gasteiger partial charge on any atom is 0.0503 e. The lowest BCUT2D eigenvalue weighted by Crippen LogP contribution is -2.44. The molecule has 0 bridgehead atoms. The van der Waals surface area contributed by atoms with Crippen molar-refractivity contribution in [3.8, 4) is 0 Å². The van der Waals surface area contributed by atoms with Crippen LogP contribution >= 0.6 is 0 Å². The standard InChI is InChI=1S/C16H24N2O/c1-19-11-12-8-9-18(10-12)15-7-6-13-4-2-3-5-14(13)16(15)17/h2-5,12,15-16H,6-11,17H2,1H3. The molecule has 1 aliphatic carbocycles. The Labute approximate surface area is 115 Å². The molecule has 1 heterocycles. The number of rotatable bonds is 3. The highest BCUT2D eigenvalue weighted by Gasteiger charge is 2.34. The number of nitrogens with zero attached hydrogens (tertiary/aromatic N) is 1. The predicted molar refractivity (Wildman–Crippen MR) is 77.0 cm³/mol. The number of aryl methyl sites for hydroxylation is 1. The van der Waals surface area contributed by atoms with Crippen molar-refractivity contribution >= 4 is 0 Å². The molecule has 3 heteroatoms. The van der Waals surface area contributed by atoms with Crippen LogP contribution in [-0.4, -0.2) is 37.7 Å². The van der Waals surface area contributed by atoms with Crippen LogP contribution in [0.5, 0.6) is 0 Å². The van der Waals surface area contributed by atoms with Gasteiger partial charge in [-0.15, -0.1) is 0 Å². The van der Waals surface area contributed by atoms with Crippen LogP contribution in [0, 0.1) is 5.92 Å². The Balaban J connectivity index is 1.71. The highest BCUT2D eigenvalue weighted by atomic mass is 16.5. The molecule has 3 nitrogen and oxygen atoms in total. The van der Waals surface area contributed by atoms with Crippen molar-refractivity contribution in [1.29, 1.82) is 0 Å². The lowest BCUT2D eigenvalue weighted by atomic mass is 9.84. The van der Waals surface area contributed by atoms with E-state index in [1.807, 2.05) is 0 Å². The summed E-state index contributed by atoms with van der Waals surface area (Å²) in [5, 5.41) is 0. The van der Waals surface area contributed by atoms with Crippen LogP contribution in [0.1, 0.15) is 30.0 Å². The summed E-state index contributed by atoms with van der Waals surface area (Å²) in [6.07, 6.45) is 3.61. The Kier molecular flexibility index (Phi) is 3.87. The van der Waals surface area contributed by atoms with E-state index in [-0.39, 0.29) is 6.04 Å². The average molecular weight is 260 g/mol. The first-order chi connectivity index (χ1) is 9.29. The summed E-state index contributed by atoms with van der Waals surface area (Å²) in [5.74, 6) is 0.689. The highest BCUT2D eigenvalue weighted by molar-refractivity contribution is 5.33. The number of benzene rings is 1. The fourth-order valence-electron chi connectivity index (χ4n) is 3.72. The molecule has 104 valence electrons. The molecule has 1 aromatic carbocycles. The molecular weight excluding hydrogens is 236 g/mol. The van der Waals surface area contributed by atoms with Gasteiger partial charge >= 0.3 is 0 Å². The molecule has 1 aromatic rings. The van der Waals surface area contributed by atoms with Crippen LogP contribution in [0.3, 0.4) is 0 Å². The van der Waals surface area contributed by atoms with E-state index >= 15 is 0 Å². The molecule has 1 fully saturated rings. The van der Waals surface area contributed by atoms with Gasteiger partial charge in [-0.05, 0) is 42.9 Å². The second-order valence-corrected chi connectivity index (χ2v) is 5.94. The molecule has 3 rings (SSSR count). The maximum absolute atomic E-state index is 6.52. The molecule has 2 aliphatic rings. The molecule has 0 aromatic heterocycles. The van der Waals surface area contributed by atoms with Crippen molar-refractivity contribution in [1.82, 2.24) is 4.90 Å². The summed E-state index contributed by atoms with van der Waals surface area (Å²) >= 11 is 0. The zero-order valence-corrected chi connectivity index (χ0v) is 11.7. The van der Waals surface area contributed by atoms with Gasteiger partial charge in [0.2, 0.25) is 0 Å². The molecule has 0 saturated carbocycles. The molecule has 2 N–H and O–H groups in total. The van der Waals surface area contributed by atoms with Crippen molar-refractivity contribution in [3.63, 3.8) is 0 Å². The van der Waals surface area contributed by atoms with Crippen molar-refractivity contribution < 1.29 is 4.74 Å². The second-order valence-electron chi connectivity index (χ2n) is 5.94. The quantitative estimate of drug-likeness (QED) is 0.903. The van der Waals surface area contributed by atoms with E-state index in [0.29, 0.717) is 12.0 Å². The number of hydrogen-bond donors (Lipinski definition) is 1. The van der Waals surface area contributed by atoms with Gasteiger partial charge < -0.3 is 10.5 Å². The third-order valence-electron chi connectivity index (χ3n) is 4.73. The van der Waals surface area contributed by atoms with Gasteiger partial charge in [0.05, 0.1) is 6.61 Å². The average Bonchev–Trinajstić information content (AvgIpc) is 2.88. The smallest absolute Gasteiger partial charge is 0.0503 e. The summed E-state index contributed by atoms with van der Waals surface area (Å²) in [6.45, 7) is 3.21. The monoisotopic (exact) mass is 260 g/mol. The van der Waals surface area contributed by atoms with E-state index < -0.39 is 0 Å². The lowest BCUT2D eigenvalue weighted by molar-refractivity contribution is 0.138. The van der Waals surface area contributed by atoms with Gasteiger partial charge in [0.1, 0.15) is 0 Å². The molecular formula is C16H24N2O. The zero-order chi connectivity index (χ0) is 13.2. The van der Waals surface area contributed by atoms with Crippen LogP contribution in [0.2, 0.25) is 0 Å². The van der Waals surface area contributed by atoms with Crippen LogP contribution in [0.15, 0.2) is 24.3 Å². The maximum atomic E-state index is 6.52. The van der Waals surface area contributed by atoms with Crippen LogP contribution in [-0.2, 0) is 11.2 Å². The van der Waals surface area contributed by atoms with Crippen LogP contribution in [0.25, 0.3) is 0 Å². The summed E-state index contributed by atoms with van der Waals surface area (Å²) in [6, 6.07) is 9.34. The van der Waals surface area contributed by atoms with Crippen molar-refractivity contribution in [3.05, 3.63) is 35.4 Å². The van der Waals surface area contributed by atoms with Crippen molar-refractivity contribution in [2.75, 3.05) is 26.8 Å². The Bertz CT molecular complexity index is 435. The first-order valence-corrected chi connectivity index (χ1v) is 7.36. The number of likely N-dealkylation sites (tertiary alicyclic amines) is 1. The van der Waals surface area contributed by atoms with E-state index in [4.69, 9.17) is 10.5 Å². The number of nitrogens with two attached hydrogens (primary N) is 1. The van der Waals surface area contributed by atoms with Crippen molar-refractivity contribution in [2.45, 2.75) is 31.3 Å². The van der Waals surface area contributed by atoms with E-state index in [1.54, 1.807) is 7.11 Å². The molecule has 0 amide bonds. The molecule has 3 unspecified atom stereocenters. The van der Waals surface area contributed by atoms with Gasteiger partial charge in [-0.2, -0.15) is 0 Å². The topological polar surface area (TPSA) is 38.5 Å². The Morgan fingerprint density at radius 3 is 3.00 bits per heavy atom. The molecule has 3 atom stereocenters. The molecule has 1 saturated heterocycles. The first-order valence-electron chi connectivity index (χ1n) is 7.36. The SMILES string of the molecule is COCC1CCN(C2CCc3ccccc3C2N)C1. The van der Waals surface area contributed by atoms with Gasteiger partial charge in [0.15, 0.2) is 0 Å². The highest BCUT2D eigenvalue weighted by Crippen LogP contribution is 2.33. The number of methoxy groups -OCH3 is 1.